The number of hydrogen-bond donors (Lipinski definition) is 1. The van der Waals surface area contributed by atoms with Crippen LogP contribution in [-0.4, -0.2) is 22.1 Å². The Labute approximate surface area is 120 Å². The second kappa shape index (κ2) is 6.12. The van der Waals surface area contributed by atoms with Crippen molar-refractivity contribution in [3.8, 4) is 0 Å². The Morgan fingerprint density at radius 2 is 2.16 bits per heavy atom. The highest BCUT2D eigenvalue weighted by molar-refractivity contribution is 7.17. The molecule has 4 nitrogen and oxygen atoms in total. The van der Waals surface area contributed by atoms with Crippen LogP contribution in [0.15, 0.2) is 24.3 Å². The van der Waals surface area contributed by atoms with E-state index in [0.29, 0.717) is 5.01 Å². The first-order valence-electron chi connectivity index (χ1n) is 5.90. The molecule has 0 aliphatic carbocycles. The maximum absolute atomic E-state index is 11.9. The van der Waals surface area contributed by atoms with Crippen LogP contribution in [0.4, 0.5) is 0 Å². The van der Waals surface area contributed by atoms with Crippen LogP contribution in [0.2, 0.25) is 4.47 Å². The molecule has 0 aliphatic heterocycles. The van der Waals surface area contributed by atoms with Gasteiger partial charge in [-0.2, -0.15) is 0 Å². The highest BCUT2D eigenvalue weighted by Crippen LogP contribution is 2.15. The van der Waals surface area contributed by atoms with Crippen molar-refractivity contribution in [2.45, 2.75) is 26.3 Å². The zero-order valence-corrected chi connectivity index (χ0v) is 12.3. The summed E-state index contributed by atoms with van der Waals surface area (Å²) in [5.41, 5.74) is 2.45. The molecule has 19 heavy (non-hydrogen) atoms. The summed E-state index contributed by atoms with van der Waals surface area (Å²) in [4.78, 5) is 11.9. The fraction of sp³-hybridized carbons (Fsp3) is 0.308. The summed E-state index contributed by atoms with van der Waals surface area (Å²) in [6.45, 7) is 4.03. The standard InChI is InChI=1S/C13H14ClN3OS/c1-8-5-3-4-6-10(8)7-9(2)15-11(18)12-16-17-13(14)19-12/h3-6,9H,7H2,1-2H3,(H,15,18). The van der Waals surface area contributed by atoms with Crippen LogP contribution in [0, 0.1) is 6.92 Å². The summed E-state index contributed by atoms with van der Waals surface area (Å²) in [5, 5.41) is 10.5. The first-order chi connectivity index (χ1) is 9.06. The number of nitrogens with one attached hydrogen (secondary N) is 1. The predicted molar refractivity (Wildman–Crippen MR) is 76.7 cm³/mol. The summed E-state index contributed by atoms with van der Waals surface area (Å²) in [6.07, 6.45) is 0.783. The number of benzene rings is 1. The zero-order valence-electron chi connectivity index (χ0n) is 10.7. The van der Waals surface area contributed by atoms with E-state index in [1.165, 1.54) is 11.1 Å². The summed E-state index contributed by atoms with van der Waals surface area (Å²) >= 11 is 6.73. The van der Waals surface area contributed by atoms with E-state index in [1.807, 2.05) is 19.1 Å². The number of rotatable bonds is 4. The van der Waals surface area contributed by atoms with E-state index in [1.54, 1.807) is 0 Å². The lowest BCUT2D eigenvalue weighted by Crippen LogP contribution is -2.34. The van der Waals surface area contributed by atoms with E-state index in [9.17, 15) is 4.79 Å². The van der Waals surface area contributed by atoms with Crippen LogP contribution in [0.5, 0.6) is 0 Å². The topological polar surface area (TPSA) is 54.9 Å². The molecule has 0 aliphatic rings. The number of aryl methyl sites for hydroxylation is 1. The second-order valence-electron chi connectivity index (χ2n) is 4.37. The van der Waals surface area contributed by atoms with Crippen LogP contribution in [0.25, 0.3) is 0 Å². The molecule has 0 bridgehead atoms. The predicted octanol–water partition coefficient (Wildman–Crippen LogP) is 2.86. The number of halogens is 1. The molecule has 1 heterocycles. The molecular weight excluding hydrogens is 282 g/mol. The molecule has 100 valence electrons. The third kappa shape index (κ3) is 3.75. The van der Waals surface area contributed by atoms with Crippen molar-refractivity contribution < 1.29 is 4.79 Å². The van der Waals surface area contributed by atoms with E-state index < -0.39 is 0 Å². The van der Waals surface area contributed by atoms with Gasteiger partial charge in [-0.15, -0.1) is 10.2 Å². The van der Waals surface area contributed by atoms with E-state index in [0.717, 1.165) is 17.8 Å². The summed E-state index contributed by atoms with van der Waals surface area (Å²) in [6, 6.07) is 8.16. The SMILES string of the molecule is Cc1ccccc1CC(C)NC(=O)c1nnc(Cl)s1. The fourth-order valence-corrected chi connectivity index (χ4v) is 2.53. The fourth-order valence-electron chi connectivity index (χ4n) is 1.80. The Kier molecular flexibility index (Phi) is 4.50. The van der Waals surface area contributed by atoms with Crippen LogP contribution >= 0.6 is 22.9 Å². The Balaban J connectivity index is 1.96. The first-order valence-corrected chi connectivity index (χ1v) is 7.10. The van der Waals surface area contributed by atoms with Gasteiger partial charge in [-0.3, -0.25) is 4.79 Å². The van der Waals surface area contributed by atoms with Gasteiger partial charge in [0.05, 0.1) is 0 Å². The van der Waals surface area contributed by atoms with Crippen molar-refractivity contribution in [1.29, 1.82) is 0 Å². The molecule has 1 unspecified atom stereocenters. The molecule has 0 spiro atoms. The molecule has 6 heteroatoms. The van der Waals surface area contributed by atoms with Crippen molar-refractivity contribution >= 4 is 28.8 Å². The molecule has 1 N–H and O–H groups in total. The molecule has 1 amide bonds. The maximum atomic E-state index is 11.9. The van der Waals surface area contributed by atoms with Crippen LogP contribution in [0.3, 0.4) is 0 Å². The first kappa shape index (κ1) is 14.0. The second-order valence-corrected chi connectivity index (χ2v) is 5.92. The molecule has 0 saturated carbocycles. The highest BCUT2D eigenvalue weighted by atomic mass is 35.5. The largest absolute Gasteiger partial charge is 0.347 e. The van der Waals surface area contributed by atoms with Gasteiger partial charge < -0.3 is 5.32 Å². The number of hydrogen-bond acceptors (Lipinski definition) is 4. The van der Waals surface area contributed by atoms with Crippen LogP contribution in [-0.2, 0) is 6.42 Å². The van der Waals surface area contributed by atoms with Gasteiger partial charge in [0.15, 0.2) is 0 Å². The molecular formula is C13H14ClN3OS. The van der Waals surface area contributed by atoms with Gasteiger partial charge in [0.25, 0.3) is 5.91 Å². The molecule has 1 aromatic heterocycles. The molecule has 0 saturated heterocycles. The third-order valence-corrected chi connectivity index (χ3v) is 3.78. The minimum Gasteiger partial charge on any atom is -0.347 e. The average molecular weight is 296 g/mol. The lowest BCUT2D eigenvalue weighted by molar-refractivity contribution is 0.0939. The Morgan fingerprint density at radius 3 is 2.79 bits per heavy atom. The quantitative estimate of drug-likeness (QED) is 0.943. The van der Waals surface area contributed by atoms with Gasteiger partial charge in [0.1, 0.15) is 0 Å². The molecule has 0 radical (unpaired) electrons. The lowest BCUT2D eigenvalue weighted by atomic mass is 10.0. The van der Waals surface area contributed by atoms with E-state index in [-0.39, 0.29) is 16.4 Å². The van der Waals surface area contributed by atoms with Crippen LogP contribution in [0.1, 0.15) is 27.9 Å². The summed E-state index contributed by atoms with van der Waals surface area (Å²) < 4.78 is 0.275. The average Bonchev–Trinajstić information content (AvgIpc) is 2.79. The number of amides is 1. The van der Waals surface area contributed by atoms with Gasteiger partial charge in [-0.05, 0) is 43.0 Å². The Bertz CT molecular complexity index is 585. The number of nitrogens with zero attached hydrogens (tertiary/aromatic N) is 2. The Hall–Kier alpha value is -1.46. The monoisotopic (exact) mass is 295 g/mol. The molecule has 0 fully saturated rings. The molecule has 2 rings (SSSR count). The van der Waals surface area contributed by atoms with E-state index >= 15 is 0 Å². The number of carbonyl (C=O) groups excluding carboxylic acids is 1. The van der Waals surface area contributed by atoms with Crippen molar-refractivity contribution in [2.24, 2.45) is 0 Å². The number of aromatic nitrogens is 2. The van der Waals surface area contributed by atoms with Gasteiger partial charge in [0, 0.05) is 6.04 Å². The Morgan fingerprint density at radius 1 is 1.42 bits per heavy atom. The van der Waals surface area contributed by atoms with Gasteiger partial charge in [-0.25, -0.2) is 0 Å². The molecule has 1 aromatic carbocycles. The molecule has 1 atom stereocenters. The third-order valence-electron chi connectivity index (χ3n) is 2.76. The lowest BCUT2D eigenvalue weighted by Gasteiger charge is -2.14. The maximum Gasteiger partial charge on any atom is 0.282 e. The normalized spacial score (nSPS) is 12.2. The van der Waals surface area contributed by atoms with Crippen molar-refractivity contribution in [1.82, 2.24) is 15.5 Å². The van der Waals surface area contributed by atoms with Crippen LogP contribution < -0.4 is 5.32 Å². The van der Waals surface area contributed by atoms with Crippen molar-refractivity contribution in [3.63, 3.8) is 0 Å². The molecule has 2 aromatic rings. The van der Waals surface area contributed by atoms with Gasteiger partial charge in [-0.1, -0.05) is 35.6 Å². The summed E-state index contributed by atoms with van der Waals surface area (Å²) in [7, 11) is 0. The zero-order chi connectivity index (χ0) is 13.8. The number of carbonyl (C=O) groups is 1. The van der Waals surface area contributed by atoms with Gasteiger partial charge >= 0.3 is 0 Å². The van der Waals surface area contributed by atoms with Gasteiger partial charge in [0.2, 0.25) is 9.47 Å². The van der Waals surface area contributed by atoms with E-state index in [4.69, 9.17) is 11.6 Å². The van der Waals surface area contributed by atoms with Crippen molar-refractivity contribution in [2.75, 3.05) is 0 Å². The van der Waals surface area contributed by atoms with E-state index in [2.05, 4.69) is 34.6 Å². The summed E-state index contributed by atoms with van der Waals surface area (Å²) in [5.74, 6) is -0.231. The minimum absolute atomic E-state index is 0.0243. The smallest absolute Gasteiger partial charge is 0.282 e. The van der Waals surface area contributed by atoms with Crippen molar-refractivity contribution in [3.05, 3.63) is 44.9 Å². The minimum atomic E-state index is -0.231. The highest BCUT2D eigenvalue weighted by Gasteiger charge is 2.15.